The zero-order valence-electron chi connectivity index (χ0n) is 8.16. The summed E-state index contributed by atoms with van der Waals surface area (Å²) in [5.74, 6) is 0. The van der Waals surface area contributed by atoms with Gasteiger partial charge in [0.15, 0.2) is 0 Å². The minimum Gasteiger partial charge on any atom is -0.302 e. The normalized spacial score (nSPS) is 17.4. The highest BCUT2D eigenvalue weighted by atomic mass is 16.1. The molecule has 0 fully saturated rings. The summed E-state index contributed by atoms with van der Waals surface area (Å²) in [4.78, 5) is 13.9. The average Bonchev–Trinajstić information content (AvgIpc) is 2.42. The van der Waals surface area contributed by atoms with Crippen molar-refractivity contribution in [3.8, 4) is 0 Å². The molecule has 4 heteroatoms. The summed E-state index contributed by atoms with van der Waals surface area (Å²) in [5.41, 5.74) is 1.26. The molecule has 0 radical (unpaired) electrons. The molecule has 1 aliphatic heterocycles. The molecule has 0 atom stereocenters. The molecule has 0 aromatic carbocycles. The zero-order valence-corrected chi connectivity index (χ0v) is 8.16. The summed E-state index contributed by atoms with van der Waals surface area (Å²) in [6.07, 6.45) is 1.93. The second kappa shape index (κ2) is 3.03. The van der Waals surface area contributed by atoms with Crippen LogP contribution in [0.5, 0.6) is 0 Å². The maximum atomic E-state index is 11.5. The molecule has 0 aliphatic carbocycles. The zero-order chi connectivity index (χ0) is 9.42. The van der Waals surface area contributed by atoms with E-state index in [9.17, 15) is 4.79 Å². The first kappa shape index (κ1) is 8.56. The van der Waals surface area contributed by atoms with Gasteiger partial charge in [0.2, 0.25) is 0 Å². The van der Waals surface area contributed by atoms with Crippen LogP contribution in [0.15, 0.2) is 11.0 Å². The summed E-state index contributed by atoms with van der Waals surface area (Å²) in [5, 5.41) is 0. The Bertz CT molecular complexity index is 363. The van der Waals surface area contributed by atoms with E-state index in [1.807, 2.05) is 17.8 Å². The van der Waals surface area contributed by atoms with Gasteiger partial charge in [-0.3, -0.25) is 9.47 Å². The molecular formula is C9H15N3O. The first-order chi connectivity index (χ1) is 6.22. The number of imidazole rings is 1. The van der Waals surface area contributed by atoms with Crippen molar-refractivity contribution in [2.45, 2.75) is 20.0 Å². The highest BCUT2D eigenvalue weighted by Crippen LogP contribution is 2.08. The van der Waals surface area contributed by atoms with Crippen LogP contribution in [0.3, 0.4) is 0 Å². The van der Waals surface area contributed by atoms with Crippen LogP contribution in [0.25, 0.3) is 0 Å². The van der Waals surface area contributed by atoms with Crippen LogP contribution in [0.4, 0.5) is 0 Å². The number of fused-ring (bicyclic) bond motifs is 1. The van der Waals surface area contributed by atoms with Gasteiger partial charge in [-0.25, -0.2) is 4.79 Å². The molecule has 4 nitrogen and oxygen atoms in total. The molecule has 2 rings (SSSR count). The monoisotopic (exact) mass is 181 g/mol. The third-order valence-corrected chi connectivity index (χ3v) is 2.69. The Labute approximate surface area is 77.4 Å². The van der Waals surface area contributed by atoms with Crippen molar-refractivity contribution >= 4 is 0 Å². The Morgan fingerprint density at radius 1 is 1.46 bits per heavy atom. The highest BCUT2D eigenvalue weighted by molar-refractivity contribution is 5.02. The van der Waals surface area contributed by atoms with Gasteiger partial charge < -0.3 is 4.57 Å². The van der Waals surface area contributed by atoms with Crippen molar-refractivity contribution in [3.63, 3.8) is 0 Å². The average molecular weight is 181 g/mol. The topological polar surface area (TPSA) is 30.2 Å². The summed E-state index contributed by atoms with van der Waals surface area (Å²) < 4.78 is 3.53. The number of likely N-dealkylation sites (N-methyl/N-ethyl adjacent to an activating group) is 1. The molecule has 0 amide bonds. The van der Waals surface area contributed by atoms with Crippen molar-refractivity contribution in [2.75, 3.05) is 13.1 Å². The lowest BCUT2D eigenvalue weighted by atomic mass is 10.3. The standard InChI is InChI=1S/C9H15N3O/c1-3-11-4-5-12-8(7-11)6-10(2)9(12)13/h6H,3-5,7H2,1-2H3. The molecule has 1 aromatic heterocycles. The second-order valence-corrected chi connectivity index (χ2v) is 3.53. The van der Waals surface area contributed by atoms with Gasteiger partial charge in [-0.1, -0.05) is 6.92 Å². The number of hydrogen-bond acceptors (Lipinski definition) is 2. The van der Waals surface area contributed by atoms with Gasteiger partial charge in [-0.05, 0) is 6.54 Å². The molecule has 1 aromatic rings. The minimum absolute atomic E-state index is 0.116. The fourth-order valence-corrected chi connectivity index (χ4v) is 1.85. The van der Waals surface area contributed by atoms with Crippen LogP contribution >= 0.6 is 0 Å². The van der Waals surface area contributed by atoms with Crippen molar-refractivity contribution in [3.05, 3.63) is 22.4 Å². The lowest BCUT2D eigenvalue weighted by Crippen LogP contribution is -2.37. The first-order valence-electron chi connectivity index (χ1n) is 4.69. The van der Waals surface area contributed by atoms with Crippen LogP contribution in [-0.2, 0) is 20.1 Å². The Morgan fingerprint density at radius 3 is 2.92 bits per heavy atom. The molecule has 0 N–H and O–H groups in total. The van der Waals surface area contributed by atoms with Crippen LogP contribution in [-0.4, -0.2) is 27.1 Å². The fraction of sp³-hybridized carbons (Fsp3) is 0.667. The molecule has 0 spiro atoms. The lowest BCUT2D eigenvalue weighted by Gasteiger charge is -2.25. The molecule has 2 heterocycles. The van der Waals surface area contributed by atoms with E-state index in [2.05, 4.69) is 11.8 Å². The highest BCUT2D eigenvalue weighted by Gasteiger charge is 2.17. The van der Waals surface area contributed by atoms with Gasteiger partial charge in [0.1, 0.15) is 0 Å². The lowest BCUT2D eigenvalue weighted by molar-refractivity contribution is 0.230. The van der Waals surface area contributed by atoms with Gasteiger partial charge in [-0.15, -0.1) is 0 Å². The van der Waals surface area contributed by atoms with E-state index in [1.165, 1.54) is 0 Å². The van der Waals surface area contributed by atoms with Gasteiger partial charge in [0, 0.05) is 32.9 Å². The van der Waals surface area contributed by atoms with Crippen molar-refractivity contribution in [1.29, 1.82) is 0 Å². The van der Waals surface area contributed by atoms with Crippen molar-refractivity contribution < 1.29 is 0 Å². The van der Waals surface area contributed by atoms with Gasteiger partial charge in [0.05, 0.1) is 5.69 Å². The van der Waals surface area contributed by atoms with Crippen molar-refractivity contribution in [1.82, 2.24) is 14.0 Å². The van der Waals surface area contributed by atoms with Gasteiger partial charge >= 0.3 is 5.69 Å². The Hall–Kier alpha value is -1.03. The second-order valence-electron chi connectivity index (χ2n) is 3.53. The predicted molar refractivity (Wildman–Crippen MR) is 50.6 cm³/mol. The first-order valence-corrected chi connectivity index (χ1v) is 4.69. The maximum absolute atomic E-state index is 11.5. The van der Waals surface area contributed by atoms with Crippen molar-refractivity contribution in [2.24, 2.45) is 7.05 Å². The maximum Gasteiger partial charge on any atom is 0.328 e. The summed E-state index contributed by atoms with van der Waals surface area (Å²) in [6.45, 7) is 5.95. The van der Waals surface area contributed by atoms with E-state index in [4.69, 9.17) is 0 Å². The number of aromatic nitrogens is 2. The van der Waals surface area contributed by atoms with Gasteiger partial charge in [-0.2, -0.15) is 0 Å². The molecule has 0 saturated carbocycles. The van der Waals surface area contributed by atoms with Crippen LogP contribution in [0.1, 0.15) is 12.6 Å². The minimum atomic E-state index is 0.116. The Balaban J connectivity index is 2.37. The number of rotatable bonds is 1. The third kappa shape index (κ3) is 1.31. The summed E-state index contributed by atoms with van der Waals surface area (Å²) >= 11 is 0. The molecule has 0 bridgehead atoms. The summed E-state index contributed by atoms with van der Waals surface area (Å²) in [6, 6.07) is 0. The molecular weight excluding hydrogens is 166 g/mol. The number of nitrogens with zero attached hydrogens (tertiary/aromatic N) is 3. The van der Waals surface area contributed by atoms with E-state index in [-0.39, 0.29) is 5.69 Å². The van der Waals surface area contributed by atoms with Crippen LogP contribution < -0.4 is 5.69 Å². The van der Waals surface area contributed by atoms with E-state index < -0.39 is 0 Å². The SMILES string of the molecule is CCN1CCn2c(cn(C)c2=O)C1. The largest absolute Gasteiger partial charge is 0.328 e. The van der Waals surface area contributed by atoms with Crippen LogP contribution in [0.2, 0.25) is 0 Å². The van der Waals surface area contributed by atoms with E-state index in [1.54, 1.807) is 4.57 Å². The quantitative estimate of drug-likeness (QED) is 0.611. The Morgan fingerprint density at radius 2 is 2.23 bits per heavy atom. The van der Waals surface area contributed by atoms with E-state index in [0.717, 1.165) is 31.9 Å². The van der Waals surface area contributed by atoms with Crippen LogP contribution in [0, 0.1) is 0 Å². The molecule has 0 unspecified atom stereocenters. The molecule has 72 valence electrons. The summed E-state index contributed by atoms with van der Waals surface area (Å²) in [7, 11) is 1.81. The predicted octanol–water partition coefficient (Wildman–Crippen LogP) is 0.0223. The molecule has 13 heavy (non-hydrogen) atoms. The number of hydrogen-bond donors (Lipinski definition) is 0. The number of aryl methyl sites for hydroxylation is 1. The molecule has 0 saturated heterocycles. The Kier molecular flexibility index (Phi) is 2.00. The van der Waals surface area contributed by atoms with E-state index >= 15 is 0 Å². The van der Waals surface area contributed by atoms with E-state index in [0.29, 0.717) is 0 Å². The third-order valence-electron chi connectivity index (χ3n) is 2.69. The fourth-order valence-electron chi connectivity index (χ4n) is 1.85. The molecule has 1 aliphatic rings. The smallest absolute Gasteiger partial charge is 0.302 e. The van der Waals surface area contributed by atoms with Gasteiger partial charge in [0.25, 0.3) is 0 Å².